The Morgan fingerprint density at radius 2 is 1.93 bits per heavy atom. The molecule has 7 nitrogen and oxygen atoms in total. The van der Waals surface area contributed by atoms with Crippen molar-refractivity contribution in [2.24, 2.45) is 0 Å². The number of methoxy groups -OCH3 is 1. The molecule has 0 aliphatic carbocycles. The summed E-state index contributed by atoms with van der Waals surface area (Å²) in [4.78, 5) is 44.8. The Morgan fingerprint density at radius 3 is 2.61 bits per heavy atom. The number of aryl methyl sites for hydroxylation is 3. The standard InChI is InChI=1S/C20H21N3O4S/c1-11-12(2)28-19-17(11)18(25)22-15(23-19)8-9-16(24)21-10-13-4-6-14(7-5-13)20(26)27-3/h4-7H,8-10H2,1-3H3,(H,21,24)(H,22,23,25). The number of thiophene rings is 1. The van der Waals surface area contributed by atoms with Gasteiger partial charge in [0.15, 0.2) is 0 Å². The van der Waals surface area contributed by atoms with Crippen LogP contribution in [0.25, 0.3) is 10.2 Å². The van der Waals surface area contributed by atoms with Crippen LogP contribution < -0.4 is 10.9 Å². The van der Waals surface area contributed by atoms with E-state index in [0.717, 1.165) is 16.0 Å². The highest BCUT2D eigenvalue weighted by molar-refractivity contribution is 7.18. The van der Waals surface area contributed by atoms with Gasteiger partial charge in [-0.05, 0) is 37.1 Å². The van der Waals surface area contributed by atoms with E-state index in [9.17, 15) is 14.4 Å². The van der Waals surface area contributed by atoms with Crippen molar-refractivity contribution in [1.29, 1.82) is 0 Å². The van der Waals surface area contributed by atoms with E-state index < -0.39 is 5.97 Å². The van der Waals surface area contributed by atoms with Gasteiger partial charge in [0, 0.05) is 24.3 Å². The SMILES string of the molecule is COC(=O)c1ccc(CNC(=O)CCc2nc3sc(C)c(C)c3c(=O)[nH]2)cc1. The Kier molecular flexibility index (Phi) is 5.89. The number of hydrogen-bond donors (Lipinski definition) is 2. The minimum absolute atomic E-state index is 0.140. The van der Waals surface area contributed by atoms with Crippen molar-refractivity contribution in [3.8, 4) is 0 Å². The van der Waals surface area contributed by atoms with Crippen molar-refractivity contribution in [3.05, 3.63) is 62.0 Å². The number of carbonyl (C=O) groups excluding carboxylic acids is 2. The zero-order chi connectivity index (χ0) is 20.3. The maximum Gasteiger partial charge on any atom is 0.337 e. The number of aromatic nitrogens is 2. The van der Waals surface area contributed by atoms with Gasteiger partial charge in [-0.15, -0.1) is 11.3 Å². The zero-order valence-corrected chi connectivity index (χ0v) is 16.7. The molecule has 3 aromatic rings. The number of esters is 1. The molecule has 0 saturated carbocycles. The lowest BCUT2D eigenvalue weighted by Crippen LogP contribution is -2.23. The van der Waals surface area contributed by atoms with E-state index in [-0.39, 0.29) is 17.9 Å². The molecule has 0 bridgehead atoms. The minimum Gasteiger partial charge on any atom is -0.465 e. The molecule has 2 aromatic heterocycles. The van der Waals surface area contributed by atoms with Crippen LogP contribution in [0.15, 0.2) is 29.1 Å². The van der Waals surface area contributed by atoms with Crippen LogP contribution in [0, 0.1) is 13.8 Å². The summed E-state index contributed by atoms with van der Waals surface area (Å²) < 4.78 is 4.65. The number of ether oxygens (including phenoxy) is 1. The summed E-state index contributed by atoms with van der Waals surface area (Å²) in [6, 6.07) is 6.84. The van der Waals surface area contributed by atoms with E-state index in [1.807, 2.05) is 13.8 Å². The van der Waals surface area contributed by atoms with Gasteiger partial charge in [0.05, 0.1) is 18.1 Å². The molecule has 0 radical (unpaired) electrons. The molecule has 2 heterocycles. The molecule has 146 valence electrons. The Bertz CT molecular complexity index is 1080. The van der Waals surface area contributed by atoms with E-state index in [0.29, 0.717) is 34.6 Å². The predicted molar refractivity (Wildman–Crippen MR) is 108 cm³/mol. The normalized spacial score (nSPS) is 10.8. The van der Waals surface area contributed by atoms with Gasteiger partial charge in [-0.3, -0.25) is 9.59 Å². The molecule has 3 rings (SSSR count). The number of aromatic amines is 1. The molecule has 1 aromatic carbocycles. The lowest BCUT2D eigenvalue weighted by molar-refractivity contribution is -0.121. The van der Waals surface area contributed by atoms with Crippen LogP contribution in [0.3, 0.4) is 0 Å². The zero-order valence-electron chi connectivity index (χ0n) is 15.9. The number of benzene rings is 1. The average Bonchev–Trinajstić information content (AvgIpc) is 2.98. The fraction of sp³-hybridized carbons (Fsp3) is 0.300. The van der Waals surface area contributed by atoms with Crippen LogP contribution in [0.1, 0.15) is 38.6 Å². The third kappa shape index (κ3) is 4.28. The molecular formula is C20H21N3O4S. The van der Waals surface area contributed by atoms with Crippen LogP contribution in [-0.2, 0) is 22.5 Å². The number of amides is 1. The Balaban J connectivity index is 1.56. The summed E-state index contributed by atoms with van der Waals surface area (Å²) in [7, 11) is 1.33. The quantitative estimate of drug-likeness (QED) is 0.621. The van der Waals surface area contributed by atoms with Gasteiger partial charge < -0.3 is 15.0 Å². The number of fused-ring (bicyclic) bond motifs is 1. The van der Waals surface area contributed by atoms with E-state index in [1.165, 1.54) is 18.4 Å². The first kappa shape index (κ1) is 19.8. The second kappa shape index (κ2) is 8.35. The van der Waals surface area contributed by atoms with Gasteiger partial charge in [0.2, 0.25) is 5.91 Å². The number of hydrogen-bond acceptors (Lipinski definition) is 6. The summed E-state index contributed by atoms with van der Waals surface area (Å²) in [5.41, 5.74) is 2.13. The van der Waals surface area contributed by atoms with Crippen molar-refractivity contribution in [2.75, 3.05) is 7.11 Å². The Morgan fingerprint density at radius 1 is 1.21 bits per heavy atom. The van der Waals surface area contributed by atoms with Gasteiger partial charge in [0.25, 0.3) is 5.56 Å². The van der Waals surface area contributed by atoms with Crippen molar-refractivity contribution < 1.29 is 14.3 Å². The fourth-order valence-electron chi connectivity index (χ4n) is 2.82. The molecule has 0 saturated heterocycles. The largest absolute Gasteiger partial charge is 0.465 e. The van der Waals surface area contributed by atoms with Crippen LogP contribution in [0.5, 0.6) is 0 Å². The molecule has 0 aliphatic rings. The van der Waals surface area contributed by atoms with Gasteiger partial charge in [0.1, 0.15) is 10.7 Å². The lowest BCUT2D eigenvalue weighted by Gasteiger charge is -2.06. The van der Waals surface area contributed by atoms with Crippen LogP contribution >= 0.6 is 11.3 Å². The molecule has 0 spiro atoms. The summed E-state index contributed by atoms with van der Waals surface area (Å²) in [5.74, 6) is -0.0279. The van der Waals surface area contributed by atoms with Crippen LogP contribution in [0.4, 0.5) is 0 Å². The molecular weight excluding hydrogens is 378 g/mol. The first-order chi connectivity index (χ1) is 13.4. The first-order valence-electron chi connectivity index (χ1n) is 8.82. The molecule has 2 N–H and O–H groups in total. The monoisotopic (exact) mass is 399 g/mol. The van der Waals surface area contributed by atoms with E-state index in [4.69, 9.17) is 0 Å². The number of nitrogens with zero attached hydrogens (tertiary/aromatic N) is 1. The second-order valence-electron chi connectivity index (χ2n) is 6.44. The maximum absolute atomic E-state index is 12.3. The number of H-pyrrole nitrogens is 1. The Hall–Kier alpha value is -3.00. The van der Waals surface area contributed by atoms with E-state index >= 15 is 0 Å². The number of rotatable bonds is 6. The van der Waals surface area contributed by atoms with Crippen molar-refractivity contribution in [1.82, 2.24) is 15.3 Å². The third-order valence-electron chi connectivity index (χ3n) is 4.54. The van der Waals surface area contributed by atoms with Gasteiger partial charge in [-0.25, -0.2) is 9.78 Å². The molecule has 1 amide bonds. The van der Waals surface area contributed by atoms with Gasteiger partial charge in [-0.1, -0.05) is 12.1 Å². The summed E-state index contributed by atoms with van der Waals surface area (Å²) in [5, 5.41) is 3.46. The summed E-state index contributed by atoms with van der Waals surface area (Å²) in [6.45, 7) is 4.23. The Labute approximate surface area is 165 Å². The van der Waals surface area contributed by atoms with Crippen molar-refractivity contribution in [3.63, 3.8) is 0 Å². The molecule has 28 heavy (non-hydrogen) atoms. The highest BCUT2D eigenvalue weighted by atomic mass is 32.1. The molecule has 0 unspecified atom stereocenters. The highest BCUT2D eigenvalue weighted by Gasteiger charge is 2.12. The number of nitrogens with one attached hydrogen (secondary N) is 2. The highest BCUT2D eigenvalue weighted by Crippen LogP contribution is 2.25. The second-order valence-corrected chi connectivity index (χ2v) is 7.64. The maximum atomic E-state index is 12.3. The summed E-state index contributed by atoms with van der Waals surface area (Å²) in [6.07, 6.45) is 0.576. The average molecular weight is 399 g/mol. The first-order valence-corrected chi connectivity index (χ1v) is 9.63. The third-order valence-corrected chi connectivity index (χ3v) is 5.64. The minimum atomic E-state index is -0.398. The molecule has 8 heteroatoms. The topological polar surface area (TPSA) is 101 Å². The van der Waals surface area contributed by atoms with E-state index in [1.54, 1.807) is 24.3 Å². The fourth-order valence-corrected chi connectivity index (χ4v) is 3.86. The van der Waals surface area contributed by atoms with Crippen molar-refractivity contribution >= 4 is 33.4 Å². The van der Waals surface area contributed by atoms with Crippen LogP contribution in [-0.4, -0.2) is 29.0 Å². The van der Waals surface area contributed by atoms with E-state index in [2.05, 4.69) is 20.0 Å². The molecule has 0 fully saturated rings. The molecule has 0 atom stereocenters. The van der Waals surface area contributed by atoms with Gasteiger partial charge >= 0.3 is 5.97 Å². The summed E-state index contributed by atoms with van der Waals surface area (Å²) >= 11 is 1.49. The number of carbonyl (C=O) groups is 2. The van der Waals surface area contributed by atoms with Crippen LogP contribution in [0.2, 0.25) is 0 Å². The molecule has 0 aliphatic heterocycles. The van der Waals surface area contributed by atoms with Gasteiger partial charge in [-0.2, -0.15) is 0 Å². The predicted octanol–water partition coefficient (Wildman–Crippen LogP) is 2.64. The van der Waals surface area contributed by atoms with Crippen molar-refractivity contribution in [2.45, 2.75) is 33.2 Å². The lowest BCUT2D eigenvalue weighted by atomic mass is 10.1. The smallest absolute Gasteiger partial charge is 0.337 e.